The lowest BCUT2D eigenvalue weighted by Gasteiger charge is -2.33. The summed E-state index contributed by atoms with van der Waals surface area (Å²) in [7, 11) is 0. The molecule has 2 heterocycles. The van der Waals surface area contributed by atoms with Crippen molar-refractivity contribution in [2.75, 3.05) is 10.2 Å². The summed E-state index contributed by atoms with van der Waals surface area (Å²) in [5, 5.41) is 14.1. The molecular formula is C28H32N6O4. The number of nitrogens with zero attached hydrogens (tertiary/aromatic N) is 4. The van der Waals surface area contributed by atoms with E-state index in [4.69, 9.17) is 4.42 Å². The van der Waals surface area contributed by atoms with Gasteiger partial charge in [0, 0.05) is 23.8 Å². The molecule has 10 heteroatoms. The van der Waals surface area contributed by atoms with Crippen molar-refractivity contribution in [2.45, 2.75) is 59.2 Å². The van der Waals surface area contributed by atoms with Crippen LogP contribution in [0.5, 0.6) is 0 Å². The topological polar surface area (TPSA) is 122 Å². The molecule has 2 N–H and O–H groups in total. The summed E-state index contributed by atoms with van der Waals surface area (Å²) in [6.45, 7) is 8.86. The number of carbonyl (C=O) groups excluding carboxylic acids is 3. The Morgan fingerprint density at radius 2 is 1.76 bits per heavy atom. The van der Waals surface area contributed by atoms with Crippen molar-refractivity contribution >= 4 is 40.1 Å². The van der Waals surface area contributed by atoms with Crippen LogP contribution in [0.3, 0.4) is 0 Å². The maximum atomic E-state index is 14.0. The highest BCUT2D eigenvalue weighted by Gasteiger charge is 2.37. The van der Waals surface area contributed by atoms with E-state index in [1.54, 1.807) is 43.3 Å². The first-order valence-electron chi connectivity index (χ1n) is 12.4. The number of furan rings is 1. The van der Waals surface area contributed by atoms with Gasteiger partial charge in [-0.25, -0.2) is 4.68 Å². The zero-order valence-corrected chi connectivity index (χ0v) is 22.2. The molecule has 198 valence electrons. The molecule has 2 aromatic heterocycles. The monoisotopic (exact) mass is 516 g/mol. The minimum atomic E-state index is -1.09. The Morgan fingerprint density at radius 3 is 2.39 bits per heavy atom. The van der Waals surface area contributed by atoms with Gasteiger partial charge in [0.15, 0.2) is 6.04 Å². The molecule has 1 atom stereocenters. The second-order valence-corrected chi connectivity index (χ2v) is 9.81. The second-order valence-electron chi connectivity index (χ2n) is 9.81. The van der Waals surface area contributed by atoms with Crippen molar-refractivity contribution in [3.63, 3.8) is 0 Å². The van der Waals surface area contributed by atoms with Gasteiger partial charge in [-0.1, -0.05) is 24.3 Å². The predicted octanol–water partition coefficient (Wildman–Crippen LogP) is 4.37. The third-order valence-electron chi connectivity index (χ3n) is 6.32. The van der Waals surface area contributed by atoms with E-state index in [-0.39, 0.29) is 18.4 Å². The Kier molecular flexibility index (Phi) is 7.61. The molecule has 1 unspecified atom stereocenters. The third kappa shape index (κ3) is 5.91. The fourth-order valence-electron chi connectivity index (χ4n) is 4.05. The van der Waals surface area contributed by atoms with E-state index in [0.29, 0.717) is 40.3 Å². The van der Waals surface area contributed by atoms with Gasteiger partial charge >= 0.3 is 0 Å². The molecule has 2 aromatic carbocycles. The summed E-state index contributed by atoms with van der Waals surface area (Å²) in [5.74, 6) is -0.0444. The zero-order chi connectivity index (χ0) is 27.4. The number of fused-ring (bicyclic) bond motifs is 1. The van der Waals surface area contributed by atoms with Gasteiger partial charge in [-0.2, -0.15) is 0 Å². The van der Waals surface area contributed by atoms with Crippen LogP contribution in [-0.2, 0) is 20.9 Å². The van der Waals surface area contributed by atoms with Crippen LogP contribution in [0, 0.1) is 6.92 Å². The molecule has 0 spiro atoms. The van der Waals surface area contributed by atoms with Crippen molar-refractivity contribution in [1.29, 1.82) is 0 Å². The van der Waals surface area contributed by atoms with Crippen molar-refractivity contribution in [3.8, 4) is 0 Å². The molecule has 4 aromatic rings. The Labute approximate surface area is 221 Å². The number of carbonyl (C=O) groups is 3. The quantitative estimate of drug-likeness (QED) is 0.341. The number of rotatable bonds is 9. The summed E-state index contributed by atoms with van der Waals surface area (Å²) in [6, 6.07) is 16.4. The maximum absolute atomic E-state index is 14.0. The molecule has 0 aliphatic carbocycles. The average Bonchev–Trinajstić information content (AvgIpc) is 3.48. The standard InChI is InChI=1S/C28H32N6O4/c1-6-28(4,5)30-27(37)26(24-16-11-18(2)38-24)34(21-14-12-20(13-15-21)29-19(3)35)25(36)17-33-23-10-8-7-9-22(23)31-32-33/h7-16,26H,6,17H2,1-5H3,(H,29,35)(H,30,37). The number of benzene rings is 2. The highest BCUT2D eigenvalue weighted by atomic mass is 16.3. The summed E-state index contributed by atoms with van der Waals surface area (Å²) >= 11 is 0. The molecule has 0 aliphatic heterocycles. The molecule has 0 fully saturated rings. The lowest BCUT2D eigenvalue weighted by Crippen LogP contribution is -2.51. The van der Waals surface area contributed by atoms with Crippen LogP contribution in [0.2, 0.25) is 0 Å². The maximum Gasteiger partial charge on any atom is 0.251 e. The predicted molar refractivity (Wildman–Crippen MR) is 144 cm³/mol. The van der Waals surface area contributed by atoms with E-state index < -0.39 is 17.5 Å². The minimum Gasteiger partial charge on any atom is -0.464 e. The molecule has 0 saturated carbocycles. The van der Waals surface area contributed by atoms with Crippen molar-refractivity contribution < 1.29 is 18.8 Å². The number of aryl methyl sites for hydroxylation is 1. The smallest absolute Gasteiger partial charge is 0.251 e. The van der Waals surface area contributed by atoms with Crippen molar-refractivity contribution in [1.82, 2.24) is 20.3 Å². The highest BCUT2D eigenvalue weighted by molar-refractivity contribution is 6.01. The molecule has 10 nitrogen and oxygen atoms in total. The van der Waals surface area contributed by atoms with Crippen molar-refractivity contribution in [3.05, 3.63) is 72.2 Å². The van der Waals surface area contributed by atoms with Gasteiger partial charge in [-0.05, 0) is 75.7 Å². The average molecular weight is 517 g/mol. The Bertz CT molecular complexity index is 1450. The Morgan fingerprint density at radius 1 is 1.05 bits per heavy atom. The van der Waals surface area contributed by atoms with Gasteiger partial charge in [0.05, 0.1) is 5.52 Å². The van der Waals surface area contributed by atoms with Gasteiger partial charge in [0.2, 0.25) is 11.8 Å². The summed E-state index contributed by atoms with van der Waals surface area (Å²) < 4.78 is 7.41. The van der Waals surface area contributed by atoms with Crippen LogP contribution in [-0.4, -0.2) is 38.3 Å². The lowest BCUT2D eigenvalue weighted by molar-refractivity contribution is -0.128. The molecule has 0 saturated heterocycles. The van der Waals surface area contributed by atoms with Crippen molar-refractivity contribution in [2.24, 2.45) is 0 Å². The van der Waals surface area contributed by atoms with Gasteiger partial charge in [-0.3, -0.25) is 19.3 Å². The largest absolute Gasteiger partial charge is 0.464 e. The summed E-state index contributed by atoms with van der Waals surface area (Å²) in [4.78, 5) is 40.8. The first-order valence-corrected chi connectivity index (χ1v) is 12.4. The van der Waals surface area contributed by atoms with Crippen LogP contribution < -0.4 is 15.5 Å². The van der Waals surface area contributed by atoms with E-state index >= 15 is 0 Å². The summed E-state index contributed by atoms with van der Waals surface area (Å²) in [6.07, 6.45) is 0.687. The van der Waals surface area contributed by atoms with Crippen LogP contribution >= 0.6 is 0 Å². The van der Waals surface area contributed by atoms with Gasteiger partial charge in [0.25, 0.3) is 5.91 Å². The fourth-order valence-corrected chi connectivity index (χ4v) is 4.05. The molecule has 3 amide bonds. The number of hydrogen-bond donors (Lipinski definition) is 2. The number of hydrogen-bond acceptors (Lipinski definition) is 6. The van der Waals surface area contributed by atoms with E-state index in [0.717, 1.165) is 0 Å². The molecule has 4 rings (SSSR count). The molecule has 0 aliphatic rings. The number of aromatic nitrogens is 3. The number of amides is 3. The van der Waals surface area contributed by atoms with Gasteiger partial charge < -0.3 is 15.1 Å². The van der Waals surface area contributed by atoms with Gasteiger partial charge in [0.1, 0.15) is 23.6 Å². The lowest BCUT2D eigenvalue weighted by atomic mass is 10.0. The third-order valence-corrected chi connectivity index (χ3v) is 6.32. The molecular weight excluding hydrogens is 484 g/mol. The normalized spacial score (nSPS) is 12.2. The van der Waals surface area contributed by atoms with E-state index in [1.807, 2.05) is 45.0 Å². The van der Waals surface area contributed by atoms with Crippen LogP contribution in [0.15, 0.2) is 65.1 Å². The zero-order valence-electron chi connectivity index (χ0n) is 22.2. The van der Waals surface area contributed by atoms with E-state index in [2.05, 4.69) is 20.9 Å². The second kappa shape index (κ2) is 10.9. The molecule has 0 bridgehead atoms. The van der Waals surface area contributed by atoms with Crippen LogP contribution in [0.25, 0.3) is 11.0 Å². The molecule has 0 radical (unpaired) electrons. The fraction of sp³-hybridized carbons (Fsp3) is 0.321. The van der Waals surface area contributed by atoms with Gasteiger partial charge in [-0.15, -0.1) is 5.10 Å². The van der Waals surface area contributed by atoms with E-state index in [1.165, 1.54) is 16.5 Å². The first kappa shape index (κ1) is 26.6. The number of anilines is 2. The Balaban J connectivity index is 1.80. The van der Waals surface area contributed by atoms with Crippen LogP contribution in [0.1, 0.15) is 51.7 Å². The Hall–Kier alpha value is -4.47. The first-order chi connectivity index (χ1) is 18.1. The summed E-state index contributed by atoms with van der Waals surface area (Å²) in [5.41, 5.74) is 1.87. The molecule has 38 heavy (non-hydrogen) atoms. The van der Waals surface area contributed by atoms with Crippen LogP contribution in [0.4, 0.5) is 11.4 Å². The van der Waals surface area contributed by atoms with E-state index in [9.17, 15) is 14.4 Å². The number of nitrogens with one attached hydrogen (secondary N) is 2. The highest BCUT2D eigenvalue weighted by Crippen LogP contribution is 2.31. The number of para-hydroxylation sites is 1. The minimum absolute atomic E-state index is 0.158. The SMILES string of the molecule is CCC(C)(C)NC(=O)C(c1ccc(C)o1)N(C(=O)Cn1nnc2ccccc21)c1ccc(NC(C)=O)cc1.